The molecular weight excluding hydrogens is 362 g/mol. The summed E-state index contributed by atoms with van der Waals surface area (Å²) in [4.78, 5) is 13.9. The zero-order valence-electron chi connectivity index (χ0n) is 13.9. The van der Waals surface area contributed by atoms with E-state index in [-0.39, 0.29) is 12.5 Å². The van der Waals surface area contributed by atoms with Crippen LogP contribution < -0.4 is 0 Å². The first-order valence-electron chi connectivity index (χ1n) is 8.30. The van der Waals surface area contributed by atoms with E-state index < -0.39 is 5.97 Å². The molecular formula is C21H17NO2S2. The monoisotopic (exact) mass is 379 g/mol. The topological polar surface area (TPSA) is 42.2 Å². The third kappa shape index (κ3) is 3.23. The Labute approximate surface area is 159 Å². The summed E-state index contributed by atoms with van der Waals surface area (Å²) in [5, 5.41) is 13.7. The summed E-state index contributed by atoms with van der Waals surface area (Å²) in [5.74, 6) is -0.804. The van der Waals surface area contributed by atoms with E-state index in [4.69, 9.17) is 0 Å². The summed E-state index contributed by atoms with van der Waals surface area (Å²) in [5.41, 5.74) is 3.11. The van der Waals surface area contributed by atoms with Gasteiger partial charge in [0, 0.05) is 0 Å². The molecule has 0 aliphatic heterocycles. The predicted octanol–water partition coefficient (Wildman–Crippen LogP) is 6.01. The maximum absolute atomic E-state index is 11.7. The molecule has 0 spiro atoms. The number of aliphatic carboxylic acids is 1. The van der Waals surface area contributed by atoms with Crippen molar-refractivity contribution in [1.29, 1.82) is 0 Å². The molecule has 0 saturated carbocycles. The molecule has 0 fully saturated rings. The third-order valence-electron chi connectivity index (χ3n) is 4.33. The maximum Gasteiger partial charge on any atom is 0.305 e. The number of hydrogen-bond acceptors (Lipinski definition) is 3. The van der Waals surface area contributed by atoms with Crippen molar-refractivity contribution < 1.29 is 9.90 Å². The molecule has 0 amide bonds. The second-order valence-corrected chi connectivity index (χ2v) is 7.85. The summed E-state index contributed by atoms with van der Waals surface area (Å²) in [6.45, 7) is 0. The van der Waals surface area contributed by atoms with Crippen LogP contribution in [-0.4, -0.2) is 15.6 Å². The van der Waals surface area contributed by atoms with Crippen molar-refractivity contribution in [3.8, 4) is 21.1 Å². The van der Waals surface area contributed by atoms with E-state index in [1.807, 2.05) is 53.2 Å². The van der Waals surface area contributed by atoms with Crippen LogP contribution in [0.25, 0.3) is 21.1 Å². The molecule has 0 aliphatic carbocycles. The number of aromatic nitrogens is 1. The van der Waals surface area contributed by atoms with Gasteiger partial charge in [-0.3, -0.25) is 4.79 Å². The lowest BCUT2D eigenvalue weighted by molar-refractivity contribution is -0.137. The highest BCUT2D eigenvalue weighted by Crippen LogP contribution is 2.39. The van der Waals surface area contributed by atoms with Crippen molar-refractivity contribution in [1.82, 2.24) is 4.57 Å². The van der Waals surface area contributed by atoms with Crippen LogP contribution in [0.2, 0.25) is 0 Å². The quantitative estimate of drug-likeness (QED) is 0.446. The van der Waals surface area contributed by atoms with Gasteiger partial charge in [-0.25, -0.2) is 0 Å². The molecule has 0 bridgehead atoms. The number of carbonyl (C=O) groups is 1. The highest BCUT2D eigenvalue weighted by Gasteiger charge is 2.24. The zero-order chi connectivity index (χ0) is 17.9. The second-order valence-electron chi connectivity index (χ2n) is 5.95. The molecule has 3 nitrogen and oxygen atoms in total. The standard InChI is InChI=1S/C21H17NO2S2/c23-21(24)14-18(15-6-2-1-3-7-15)22-16(19-8-4-12-25-19)10-11-17(22)20-9-5-13-26-20/h1-13,18H,14H2,(H,23,24). The number of carboxylic acids is 1. The minimum absolute atomic E-state index is 0.0371. The van der Waals surface area contributed by atoms with Gasteiger partial charge in [0.2, 0.25) is 0 Å². The van der Waals surface area contributed by atoms with Gasteiger partial charge in [-0.2, -0.15) is 0 Å². The largest absolute Gasteiger partial charge is 0.481 e. The third-order valence-corrected chi connectivity index (χ3v) is 6.11. The molecule has 3 heterocycles. The van der Waals surface area contributed by atoms with Crippen molar-refractivity contribution in [3.63, 3.8) is 0 Å². The van der Waals surface area contributed by atoms with Crippen molar-refractivity contribution >= 4 is 28.6 Å². The Bertz CT molecular complexity index is 935. The van der Waals surface area contributed by atoms with E-state index in [1.165, 1.54) is 0 Å². The summed E-state index contributed by atoms with van der Waals surface area (Å²) in [6, 6.07) is 22.0. The molecule has 4 aromatic rings. The van der Waals surface area contributed by atoms with Gasteiger partial charge in [0.25, 0.3) is 0 Å². The van der Waals surface area contributed by atoms with Crippen molar-refractivity contribution in [3.05, 3.63) is 83.1 Å². The van der Waals surface area contributed by atoms with E-state index in [0.717, 1.165) is 26.7 Å². The average Bonchev–Trinajstić information content (AvgIpc) is 3.40. The minimum Gasteiger partial charge on any atom is -0.481 e. The average molecular weight is 380 g/mol. The Kier molecular flexibility index (Phi) is 4.73. The number of rotatable bonds is 6. The highest BCUT2D eigenvalue weighted by atomic mass is 32.1. The van der Waals surface area contributed by atoms with Gasteiger partial charge in [-0.15, -0.1) is 22.7 Å². The molecule has 5 heteroatoms. The van der Waals surface area contributed by atoms with Gasteiger partial charge in [-0.05, 0) is 40.6 Å². The van der Waals surface area contributed by atoms with Crippen LogP contribution >= 0.6 is 22.7 Å². The lowest BCUT2D eigenvalue weighted by Gasteiger charge is -2.23. The van der Waals surface area contributed by atoms with Crippen molar-refractivity contribution in [2.24, 2.45) is 0 Å². The van der Waals surface area contributed by atoms with Gasteiger partial charge in [0.15, 0.2) is 0 Å². The second kappa shape index (κ2) is 7.32. The zero-order valence-corrected chi connectivity index (χ0v) is 15.5. The van der Waals surface area contributed by atoms with Gasteiger partial charge in [0.05, 0.1) is 33.6 Å². The van der Waals surface area contributed by atoms with E-state index in [2.05, 4.69) is 28.8 Å². The lowest BCUT2D eigenvalue weighted by atomic mass is 10.0. The van der Waals surface area contributed by atoms with Crippen LogP contribution in [0.1, 0.15) is 18.0 Å². The summed E-state index contributed by atoms with van der Waals surface area (Å²) < 4.78 is 2.18. The molecule has 0 saturated heterocycles. The van der Waals surface area contributed by atoms with Crippen LogP contribution in [-0.2, 0) is 4.79 Å². The van der Waals surface area contributed by atoms with E-state index in [1.54, 1.807) is 22.7 Å². The lowest BCUT2D eigenvalue weighted by Crippen LogP contribution is -2.16. The van der Waals surface area contributed by atoms with E-state index in [9.17, 15) is 9.90 Å². The fourth-order valence-electron chi connectivity index (χ4n) is 3.23. The number of benzene rings is 1. The first-order chi connectivity index (χ1) is 12.7. The fraction of sp³-hybridized carbons (Fsp3) is 0.0952. The minimum atomic E-state index is -0.804. The Hall–Kier alpha value is -2.63. The molecule has 3 aromatic heterocycles. The Balaban J connectivity index is 1.94. The van der Waals surface area contributed by atoms with Gasteiger partial charge in [-0.1, -0.05) is 42.5 Å². The molecule has 1 aromatic carbocycles. The molecule has 0 aliphatic rings. The fourth-order valence-corrected chi connectivity index (χ4v) is 4.73. The van der Waals surface area contributed by atoms with Gasteiger partial charge >= 0.3 is 5.97 Å². The smallest absolute Gasteiger partial charge is 0.305 e. The van der Waals surface area contributed by atoms with Crippen LogP contribution in [0.5, 0.6) is 0 Å². The van der Waals surface area contributed by atoms with Gasteiger partial charge in [0.1, 0.15) is 0 Å². The van der Waals surface area contributed by atoms with Crippen LogP contribution in [0.3, 0.4) is 0 Å². The molecule has 0 radical (unpaired) electrons. The van der Waals surface area contributed by atoms with Crippen LogP contribution in [0, 0.1) is 0 Å². The first kappa shape index (κ1) is 16.8. The molecule has 4 rings (SSSR count). The van der Waals surface area contributed by atoms with Gasteiger partial charge < -0.3 is 9.67 Å². The SMILES string of the molecule is O=C(O)CC(c1ccccc1)n1c(-c2cccs2)ccc1-c1cccs1. The van der Waals surface area contributed by atoms with E-state index >= 15 is 0 Å². The predicted molar refractivity (Wildman–Crippen MR) is 108 cm³/mol. The van der Waals surface area contributed by atoms with E-state index in [0.29, 0.717) is 0 Å². The van der Waals surface area contributed by atoms with Crippen molar-refractivity contribution in [2.45, 2.75) is 12.5 Å². The number of nitrogens with zero attached hydrogens (tertiary/aromatic N) is 1. The Morgan fingerprint density at radius 2 is 1.42 bits per heavy atom. The summed E-state index contributed by atoms with van der Waals surface area (Å²) in [7, 11) is 0. The Morgan fingerprint density at radius 1 is 0.846 bits per heavy atom. The highest BCUT2D eigenvalue weighted by molar-refractivity contribution is 7.14. The summed E-state index contributed by atoms with van der Waals surface area (Å²) in [6.07, 6.45) is 0.0371. The van der Waals surface area contributed by atoms with Crippen LogP contribution in [0.15, 0.2) is 77.5 Å². The molecule has 130 valence electrons. The van der Waals surface area contributed by atoms with Crippen LogP contribution in [0.4, 0.5) is 0 Å². The maximum atomic E-state index is 11.7. The Morgan fingerprint density at radius 3 is 1.88 bits per heavy atom. The first-order valence-corrected chi connectivity index (χ1v) is 10.1. The summed E-state index contributed by atoms with van der Waals surface area (Å²) >= 11 is 3.33. The molecule has 1 atom stereocenters. The number of hydrogen-bond donors (Lipinski definition) is 1. The van der Waals surface area contributed by atoms with Crippen molar-refractivity contribution in [2.75, 3.05) is 0 Å². The number of thiophene rings is 2. The molecule has 1 N–H and O–H groups in total. The number of carboxylic acid groups (broad SMARTS) is 1. The normalized spacial score (nSPS) is 12.2. The molecule has 1 unspecified atom stereocenters. The molecule has 26 heavy (non-hydrogen) atoms.